The van der Waals surface area contributed by atoms with Gasteiger partial charge in [0.05, 0.1) is 5.92 Å². The first-order valence-corrected chi connectivity index (χ1v) is 7.81. The normalized spacial score (nSPS) is 44.6. The Labute approximate surface area is 117 Å². The zero-order valence-corrected chi connectivity index (χ0v) is 12.8. The summed E-state index contributed by atoms with van der Waals surface area (Å²) in [5.41, 5.74) is 0.754. The van der Waals surface area contributed by atoms with E-state index in [1.807, 2.05) is 0 Å². The van der Waals surface area contributed by atoms with Crippen LogP contribution in [-0.4, -0.2) is 36.5 Å². The Hall–Kier alpha value is -0.570. The van der Waals surface area contributed by atoms with Crippen LogP contribution in [0.3, 0.4) is 0 Å². The Morgan fingerprint density at radius 2 is 1.95 bits per heavy atom. The average molecular weight is 264 g/mol. The summed E-state index contributed by atoms with van der Waals surface area (Å²) in [7, 11) is 0. The lowest BCUT2D eigenvalue weighted by molar-refractivity contribution is -0.137. The number of nitrogens with one attached hydrogen (secondary N) is 1. The smallest absolute Gasteiger partial charge is 0.227 e. The van der Waals surface area contributed by atoms with Crippen molar-refractivity contribution in [2.24, 2.45) is 22.7 Å². The van der Waals surface area contributed by atoms with Crippen LogP contribution >= 0.6 is 0 Å². The molecule has 1 aliphatic carbocycles. The zero-order valence-electron chi connectivity index (χ0n) is 12.8. The van der Waals surface area contributed by atoms with E-state index in [2.05, 4.69) is 37.9 Å². The molecule has 3 aliphatic rings. The largest absolute Gasteiger partial charge is 0.339 e. The number of carbonyl (C=O) groups is 1. The van der Waals surface area contributed by atoms with E-state index in [4.69, 9.17) is 0 Å². The van der Waals surface area contributed by atoms with E-state index in [1.165, 1.54) is 19.3 Å². The Bertz CT molecular complexity index is 392. The van der Waals surface area contributed by atoms with Gasteiger partial charge in [-0.25, -0.2) is 0 Å². The summed E-state index contributed by atoms with van der Waals surface area (Å²) in [5, 5.41) is 3.36. The Kier molecular flexibility index (Phi) is 2.97. The molecule has 2 saturated heterocycles. The van der Waals surface area contributed by atoms with E-state index in [0.717, 1.165) is 19.6 Å². The molecule has 4 unspecified atom stereocenters. The monoisotopic (exact) mass is 264 g/mol. The minimum atomic E-state index is 0.214. The molecule has 3 nitrogen and oxygen atoms in total. The molecule has 0 aromatic rings. The highest BCUT2D eigenvalue weighted by atomic mass is 16.2. The molecule has 3 heteroatoms. The van der Waals surface area contributed by atoms with Crippen molar-refractivity contribution in [1.29, 1.82) is 0 Å². The molecule has 2 aliphatic heterocycles. The van der Waals surface area contributed by atoms with E-state index < -0.39 is 0 Å². The molecule has 3 rings (SSSR count). The minimum Gasteiger partial charge on any atom is -0.339 e. The van der Waals surface area contributed by atoms with Gasteiger partial charge in [-0.05, 0) is 42.6 Å². The molecule has 3 fully saturated rings. The van der Waals surface area contributed by atoms with Crippen LogP contribution in [0.5, 0.6) is 0 Å². The molecule has 0 aromatic heterocycles. The Balaban J connectivity index is 1.78. The lowest BCUT2D eigenvalue weighted by atomic mass is 9.65. The standard InChI is InChI=1S/C16H28N2O/c1-11-7-17-8-13(11)14(19)18-10-16(4)6-12(18)5-15(2,3)9-16/h11-13,17H,5-10H2,1-4H3. The second-order valence-corrected chi connectivity index (χ2v) is 8.42. The van der Waals surface area contributed by atoms with Crippen molar-refractivity contribution in [1.82, 2.24) is 10.2 Å². The first-order chi connectivity index (χ1) is 8.80. The summed E-state index contributed by atoms with van der Waals surface area (Å²) in [6.45, 7) is 12.2. The number of hydrogen-bond donors (Lipinski definition) is 1. The predicted octanol–water partition coefficient (Wildman–Crippen LogP) is 2.27. The maximum atomic E-state index is 12.8. The molecule has 1 amide bonds. The quantitative estimate of drug-likeness (QED) is 0.788. The third kappa shape index (κ3) is 2.31. The van der Waals surface area contributed by atoms with Gasteiger partial charge in [0.15, 0.2) is 0 Å². The number of hydrogen-bond acceptors (Lipinski definition) is 2. The molecule has 2 heterocycles. The number of amides is 1. The van der Waals surface area contributed by atoms with Gasteiger partial charge in [-0.15, -0.1) is 0 Å². The van der Waals surface area contributed by atoms with Crippen LogP contribution in [-0.2, 0) is 4.79 Å². The van der Waals surface area contributed by atoms with Crippen LogP contribution in [0.2, 0.25) is 0 Å². The third-order valence-electron chi connectivity index (χ3n) is 5.53. The summed E-state index contributed by atoms with van der Waals surface area (Å²) in [6, 6.07) is 0.494. The second kappa shape index (κ2) is 4.21. The zero-order chi connectivity index (χ0) is 13.8. The molecular formula is C16H28N2O. The van der Waals surface area contributed by atoms with E-state index in [0.29, 0.717) is 28.7 Å². The lowest BCUT2D eigenvalue weighted by Gasteiger charge is -2.39. The van der Waals surface area contributed by atoms with Gasteiger partial charge >= 0.3 is 0 Å². The van der Waals surface area contributed by atoms with Crippen molar-refractivity contribution in [3.05, 3.63) is 0 Å². The van der Waals surface area contributed by atoms with Gasteiger partial charge in [0.1, 0.15) is 0 Å². The van der Waals surface area contributed by atoms with Gasteiger partial charge in [0.2, 0.25) is 5.91 Å². The van der Waals surface area contributed by atoms with Gasteiger partial charge in [0.25, 0.3) is 0 Å². The van der Waals surface area contributed by atoms with Crippen LogP contribution in [0.4, 0.5) is 0 Å². The predicted molar refractivity (Wildman–Crippen MR) is 76.8 cm³/mol. The first-order valence-electron chi connectivity index (χ1n) is 7.81. The van der Waals surface area contributed by atoms with Crippen molar-refractivity contribution in [3.63, 3.8) is 0 Å². The molecule has 0 spiro atoms. The molecule has 0 aromatic carbocycles. The van der Waals surface area contributed by atoms with Crippen molar-refractivity contribution in [2.75, 3.05) is 19.6 Å². The highest BCUT2D eigenvalue weighted by Crippen LogP contribution is 2.52. The number of fused-ring (bicyclic) bond motifs is 2. The number of rotatable bonds is 1. The van der Waals surface area contributed by atoms with Gasteiger partial charge < -0.3 is 10.2 Å². The fraction of sp³-hybridized carbons (Fsp3) is 0.938. The average Bonchev–Trinajstić information content (AvgIpc) is 2.78. The van der Waals surface area contributed by atoms with Crippen molar-refractivity contribution in [3.8, 4) is 0 Å². The lowest BCUT2D eigenvalue weighted by Crippen LogP contribution is -2.42. The molecule has 19 heavy (non-hydrogen) atoms. The van der Waals surface area contributed by atoms with Gasteiger partial charge in [-0.2, -0.15) is 0 Å². The number of carbonyl (C=O) groups excluding carboxylic acids is 1. The second-order valence-electron chi connectivity index (χ2n) is 8.42. The van der Waals surface area contributed by atoms with Crippen LogP contribution in [0.25, 0.3) is 0 Å². The summed E-state index contributed by atoms with van der Waals surface area (Å²) >= 11 is 0. The van der Waals surface area contributed by atoms with Gasteiger partial charge in [0, 0.05) is 19.1 Å². The summed E-state index contributed by atoms with van der Waals surface area (Å²) < 4.78 is 0. The van der Waals surface area contributed by atoms with Crippen molar-refractivity contribution >= 4 is 5.91 Å². The van der Waals surface area contributed by atoms with E-state index >= 15 is 0 Å². The van der Waals surface area contributed by atoms with Gasteiger partial charge in [-0.1, -0.05) is 27.7 Å². The molecule has 4 atom stereocenters. The molecule has 2 bridgehead atoms. The molecule has 108 valence electrons. The van der Waals surface area contributed by atoms with E-state index in [9.17, 15) is 4.79 Å². The van der Waals surface area contributed by atoms with Crippen molar-refractivity contribution in [2.45, 2.75) is 53.0 Å². The Morgan fingerprint density at radius 3 is 2.58 bits per heavy atom. The molecule has 1 saturated carbocycles. The van der Waals surface area contributed by atoms with Crippen LogP contribution in [0.1, 0.15) is 47.0 Å². The van der Waals surface area contributed by atoms with Crippen LogP contribution in [0, 0.1) is 22.7 Å². The van der Waals surface area contributed by atoms with Gasteiger partial charge in [-0.3, -0.25) is 4.79 Å². The minimum absolute atomic E-state index is 0.214. The van der Waals surface area contributed by atoms with Crippen LogP contribution < -0.4 is 5.32 Å². The maximum Gasteiger partial charge on any atom is 0.227 e. The summed E-state index contributed by atoms with van der Waals surface area (Å²) in [6.07, 6.45) is 3.66. The van der Waals surface area contributed by atoms with E-state index in [-0.39, 0.29) is 5.92 Å². The number of likely N-dealkylation sites (tertiary alicyclic amines) is 1. The highest BCUT2D eigenvalue weighted by Gasteiger charge is 2.52. The van der Waals surface area contributed by atoms with Crippen LogP contribution in [0.15, 0.2) is 0 Å². The summed E-state index contributed by atoms with van der Waals surface area (Å²) in [5.74, 6) is 1.13. The SMILES string of the molecule is CC1CNCC1C(=O)N1CC2(C)CC1CC(C)(C)C2. The first kappa shape index (κ1) is 13.4. The highest BCUT2D eigenvalue weighted by molar-refractivity contribution is 5.80. The Morgan fingerprint density at radius 1 is 1.21 bits per heavy atom. The summed E-state index contributed by atoms with van der Waals surface area (Å²) in [4.78, 5) is 15.1. The van der Waals surface area contributed by atoms with Crippen molar-refractivity contribution < 1.29 is 4.79 Å². The fourth-order valence-corrected chi connectivity index (χ4v) is 5.07. The number of nitrogens with zero attached hydrogens (tertiary/aromatic N) is 1. The maximum absolute atomic E-state index is 12.8. The topological polar surface area (TPSA) is 32.3 Å². The fourth-order valence-electron chi connectivity index (χ4n) is 5.07. The molecule has 1 N–H and O–H groups in total. The van der Waals surface area contributed by atoms with E-state index in [1.54, 1.807) is 0 Å². The molecular weight excluding hydrogens is 236 g/mol. The molecule has 0 radical (unpaired) electrons. The third-order valence-corrected chi connectivity index (χ3v) is 5.53.